The fourth-order valence-electron chi connectivity index (χ4n) is 6.80. The molecule has 0 saturated heterocycles. The van der Waals surface area contributed by atoms with Crippen LogP contribution in [0.25, 0.3) is 43.9 Å². The Bertz CT molecular complexity index is 2290. The third kappa shape index (κ3) is 5.58. The molecule has 7 heteroatoms. The van der Waals surface area contributed by atoms with Gasteiger partial charge in [0.1, 0.15) is 17.6 Å². The van der Waals surface area contributed by atoms with Crippen LogP contribution in [-0.4, -0.2) is 40.1 Å². The average Bonchev–Trinajstić information content (AvgIpc) is 3.85. The average molecular weight is 686 g/mol. The molecule has 5 aromatic carbocycles. The molecule has 50 heavy (non-hydrogen) atoms. The van der Waals surface area contributed by atoms with Gasteiger partial charge in [-0.2, -0.15) is 5.10 Å². The van der Waals surface area contributed by atoms with Gasteiger partial charge in [-0.15, -0.1) is 23.1 Å². The maximum absolute atomic E-state index is 5.58. The summed E-state index contributed by atoms with van der Waals surface area (Å²) in [6.45, 7) is 0. The monoisotopic (exact) mass is 685 g/mol. The number of hydrogen-bond donors (Lipinski definition) is 0. The molecule has 0 aliphatic rings. The summed E-state index contributed by atoms with van der Waals surface area (Å²) in [7, 11) is 4.13. The smallest absolute Gasteiger partial charge is 0.138 e. The SMILES string of the molecule is CSc1ccc(-c2ncnc3ccc(-c4cn(C(c5ccccc5)(c5ccccc5)c5ccccc5)nc4-c4ccc(N(C)C)cc4)cc23)s1. The van der Waals surface area contributed by atoms with Gasteiger partial charge < -0.3 is 4.90 Å². The van der Waals surface area contributed by atoms with Crippen molar-refractivity contribution in [3.8, 4) is 33.0 Å². The molecule has 8 rings (SSSR count). The zero-order chi connectivity index (χ0) is 34.1. The van der Waals surface area contributed by atoms with Crippen LogP contribution < -0.4 is 4.90 Å². The van der Waals surface area contributed by atoms with Crippen molar-refractivity contribution in [2.24, 2.45) is 0 Å². The molecule has 0 fully saturated rings. The van der Waals surface area contributed by atoms with Gasteiger partial charge in [-0.05, 0) is 64.9 Å². The van der Waals surface area contributed by atoms with Gasteiger partial charge in [0.05, 0.1) is 20.3 Å². The minimum absolute atomic E-state index is 0.753. The van der Waals surface area contributed by atoms with E-state index < -0.39 is 5.54 Å². The number of aromatic nitrogens is 4. The highest BCUT2D eigenvalue weighted by Gasteiger charge is 2.40. The van der Waals surface area contributed by atoms with Crippen LogP contribution in [0.5, 0.6) is 0 Å². The Balaban J connectivity index is 1.42. The summed E-state index contributed by atoms with van der Waals surface area (Å²) in [6.07, 6.45) is 6.00. The molecule has 0 radical (unpaired) electrons. The summed E-state index contributed by atoms with van der Waals surface area (Å²) in [6, 6.07) is 51.6. The zero-order valence-corrected chi connectivity index (χ0v) is 29.7. The highest BCUT2D eigenvalue weighted by Crippen LogP contribution is 2.44. The number of fused-ring (bicyclic) bond motifs is 1. The first-order valence-corrected chi connectivity index (χ1v) is 18.5. The second kappa shape index (κ2) is 13.4. The van der Waals surface area contributed by atoms with Crippen molar-refractivity contribution in [3.05, 3.63) is 175 Å². The van der Waals surface area contributed by atoms with E-state index in [4.69, 9.17) is 10.1 Å². The first-order valence-electron chi connectivity index (χ1n) is 16.5. The van der Waals surface area contributed by atoms with Crippen LogP contribution in [0.3, 0.4) is 0 Å². The van der Waals surface area contributed by atoms with Crippen LogP contribution >= 0.6 is 23.1 Å². The summed E-state index contributed by atoms with van der Waals surface area (Å²) < 4.78 is 3.43. The lowest BCUT2D eigenvalue weighted by atomic mass is 9.77. The van der Waals surface area contributed by atoms with Crippen molar-refractivity contribution in [2.45, 2.75) is 9.75 Å². The van der Waals surface area contributed by atoms with E-state index in [2.05, 4.69) is 187 Å². The van der Waals surface area contributed by atoms with Crippen molar-refractivity contribution in [3.63, 3.8) is 0 Å². The number of nitrogens with zero attached hydrogens (tertiary/aromatic N) is 5. The molecule has 244 valence electrons. The van der Waals surface area contributed by atoms with Gasteiger partial charge in [0.15, 0.2) is 0 Å². The number of rotatable bonds is 9. The van der Waals surface area contributed by atoms with Crippen LogP contribution in [0.1, 0.15) is 16.7 Å². The van der Waals surface area contributed by atoms with Crippen molar-refractivity contribution in [1.29, 1.82) is 0 Å². The Morgan fingerprint density at radius 1 is 0.640 bits per heavy atom. The molecule has 0 spiro atoms. The predicted molar refractivity (Wildman–Crippen MR) is 210 cm³/mol. The van der Waals surface area contributed by atoms with Crippen LogP contribution in [0.15, 0.2) is 162 Å². The van der Waals surface area contributed by atoms with Crippen LogP contribution in [0.2, 0.25) is 0 Å². The first-order chi connectivity index (χ1) is 24.6. The molecule has 0 amide bonds. The summed E-state index contributed by atoms with van der Waals surface area (Å²) in [5.41, 5.74) is 9.63. The van der Waals surface area contributed by atoms with Crippen LogP contribution in [0.4, 0.5) is 5.69 Å². The Hall–Kier alpha value is -5.50. The third-order valence-corrected chi connectivity index (χ3v) is 11.4. The molecule has 5 nitrogen and oxygen atoms in total. The molecular formula is C43H35N5S2. The van der Waals surface area contributed by atoms with Gasteiger partial charge >= 0.3 is 0 Å². The van der Waals surface area contributed by atoms with Crippen LogP contribution in [0, 0.1) is 0 Å². The molecule has 0 N–H and O–H groups in total. The van der Waals surface area contributed by atoms with E-state index >= 15 is 0 Å². The van der Waals surface area contributed by atoms with Gasteiger partial charge in [-0.1, -0.05) is 109 Å². The summed E-state index contributed by atoms with van der Waals surface area (Å²) >= 11 is 3.51. The summed E-state index contributed by atoms with van der Waals surface area (Å²) in [4.78, 5) is 12.7. The Morgan fingerprint density at radius 2 is 1.24 bits per heavy atom. The van der Waals surface area contributed by atoms with E-state index in [1.165, 1.54) is 4.21 Å². The lowest BCUT2D eigenvalue weighted by Crippen LogP contribution is -2.38. The lowest BCUT2D eigenvalue weighted by molar-refractivity contribution is 0.461. The van der Waals surface area contributed by atoms with Crippen LogP contribution in [-0.2, 0) is 5.54 Å². The predicted octanol–water partition coefficient (Wildman–Crippen LogP) is 10.5. The topological polar surface area (TPSA) is 46.8 Å². The normalized spacial score (nSPS) is 11.6. The second-order valence-electron chi connectivity index (χ2n) is 12.4. The molecular weight excluding hydrogens is 651 g/mol. The summed E-state index contributed by atoms with van der Waals surface area (Å²) in [5, 5.41) is 6.59. The van der Waals surface area contributed by atoms with Gasteiger partial charge in [-0.3, -0.25) is 4.68 Å². The number of thiophene rings is 1. The zero-order valence-electron chi connectivity index (χ0n) is 28.1. The molecule has 0 bridgehead atoms. The van der Waals surface area contributed by atoms with Gasteiger partial charge in [-0.25, -0.2) is 9.97 Å². The second-order valence-corrected chi connectivity index (χ2v) is 14.6. The fourth-order valence-corrected chi connectivity index (χ4v) is 8.36. The molecule has 0 aliphatic heterocycles. The number of benzene rings is 5. The third-order valence-electron chi connectivity index (χ3n) is 9.25. The van der Waals surface area contributed by atoms with E-state index in [0.29, 0.717) is 0 Å². The van der Waals surface area contributed by atoms with Gasteiger partial charge in [0.2, 0.25) is 0 Å². The number of thioether (sulfide) groups is 1. The Kier molecular flexibility index (Phi) is 8.53. The van der Waals surface area contributed by atoms with E-state index in [0.717, 1.165) is 66.2 Å². The summed E-state index contributed by atoms with van der Waals surface area (Å²) in [5.74, 6) is 0. The molecule has 8 aromatic rings. The highest BCUT2D eigenvalue weighted by atomic mass is 32.2. The molecule has 0 saturated carbocycles. The largest absolute Gasteiger partial charge is 0.378 e. The van der Waals surface area contributed by atoms with Crippen molar-refractivity contribution in [2.75, 3.05) is 25.3 Å². The lowest BCUT2D eigenvalue weighted by Gasteiger charge is -2.36. The number of hydrogen-bond acceptors (Lipinski definition) is 6. The molecule has 0 unspecified atom stereocenters. The van der Waals surface area contributed by atoms with E-state index in [9.17, 15) is 0 Å². The van der Waals surface area contributed by atoms with Crippen molar-refractivity contribution in [1.82, 2.24) is 19.7 Å². The maximum atomic E-state index is 5.58. The molecule has 3 heterocycles. The minimum Gasteiger partial charge on any atom is -0.378 e. The van der Waals surface area contributed by atoms with E-state index in [1.807, 2.05) is 0 Å². The molecule has 3 aromatic heterocycles. The molecule has 0 atom stereocenters. The standard InChI is InChI=1S/C43H35N5S2/c1-47(2)35-22-19-30(20-23-35)41-37(31-21-24-38-36(27-31)42(45-29-44-38)39-25-26-40(49-3)50-39)28-48(46-41)43(32-13-7-4-8-14-32,33-15-9-5-10-16-33)34-17-11-6-12-18-34/h4-29H,1-3H3. The van der Waals surface area contributed by atoms with Crippen molar-refractivity contribution >= 4 is 39.7 Å². The Labute approximate surface area is 300 Å². The minimum atomic E-state index is -0.753. The van der Waals surface area contributed by atoms with E-state index in [1.54, 1.807) is 29.4 Å². The van der Waals surface area contributed by atoms with E-state index in [-0.39, 0.29) is 0 Å². The van der Waals surface area contributed by atoms with Gasteiger partial charge in [0, 0.05) is 42.5 Å². The Morgan fingerprint density at radius 3 is 1.80 bits per heavy atom. The highest BCUT2D eigenvalue weighted by molar-refractivity contribution is 8.00. The number of anilines is 1. The quantitative estimate of drug-likeness (QED) is 0.112. The van der Waals surface area contributed by atoms with Gasteiger partial charge in [0.25, 0.3) is 0 Å². The fraction of sp³-hybridized carbons (Fsp3) is 0.0930. The van der Waals surface area contributed by atoms with Crippen molar-refractivity contribution < 1.29 is 0 Å². The maximum Gasteiger partial charge on any atom is 0.138 e. The first kappa shape index (κ1) is 31.7. The molecule has 0 aliphatic carbocycles.